The molecule has 0 amide bonds. The molecule has 1 heterocycles. The van der Waals surface area contributed by atoms with Crippen LogP contribution in [0.2, 0.25) is 0 Å². The van der Waals surface area contributed by atoms with Gasteiger partial charge < -0.3 is 4.74 Å². The van der Waals surface area contributed by atoms with Crippen LogP contribution in [-0.4, -0.2) is 26.3 Å². The van der Waals surface area contributed by atoms with Gasteiger partial charge in [0.2, 0.25) is 0 Å². The number of nitrogens with zero attached hydrogens (tertiary/aromatic N) is 1. The fourth-order valence-corrected chi connectivity index (χ4v) is 1.28. The summed E-state index contributed by atoms with van der Waals surface area (Å²) in [6, 6.07) is 0.939. The van der Waals surface area contributed by atoms with Crippen LogP contribution in [0.15, 0.2) is 17.2 Å². The minimum absolute atomic E-state index is 0.188. The minimum atomic E-state index is -3.47. The van der Waals surface area contributed by atoms with Gasteiger partial charge >= 0.3 is 6.61 Å². The molecule has 0 saturated heterocycles. The molecule has 0 fully saturated rings. The maximum atomic E-state index is 11.7. The van der Waals surface area contributed by atoms with E-state index in [9.17, 15) is 17.2 Å². The molecule has 0 aliphatic rings. The Balaban J connectivity index is 3.02. The van der Waals surface area contributed by atoms with Crippen LogP contribution < -0.4 is 4.74 Å². The summed E-state index contributed by atoms with van der Waals surface area (Å²) in [6.07, 6.45) is 4.04. The van der Waals surface area contributed by atoms with Crippen molar-refractivity contribution < 1.29 is 21.9 Å². The number of hydrogen-bond acceptors (Lipinski definition) is 4. The van der Waals surface area contributed by atoms with E-state index in [2.05, 4.69) is 15.9 Å². The van der Waals surface area contributed by atoms with E-state index in [-0.39, 0.29) is 4.90 Å². The van der Waals surface area contributed by atoms with Crippen molar-refractivity contribution in [1.29, 1.82) is 0 Å². The van der Waals surface area contributed by atoms with Gasteiger partial charge in [-0.15, -0.1) is 0 Å². The topological polar surface area (TPSA) is 56.3 Å². The second-order valence-electron chi connectivity index (χ2n) is 2.43. The Kier molecular flexibility index (Phi) is 3.00. The van der Waals surface area contributed by atoms with Crippen molar-refractivity contribution in [3.63, 3.8) is 0 Å². The van der Waals surface area contributed by atoms with Gasteiger partial charge in [0.25, 0.3) is 0 Å². The molecular weight excluding hydrogens is 216 g/mol. The molecule has 0 spiro atoms. The zero-order chi connectivity index (χ0) is 10.8. The molecule has 0 N–H and O–H groups in total. The number of aromatic nitrogens is 1. The van der Waals surface area contributed by atoms with Gasteiger partial charge in [-0.1, -0.05) is 0 Å². The quantitative estimate of drug-likeness (QED) is 0.762. The summed E-state index contributed by atoms with van der Waals surface area (Å²) in [4.78, 5) is 3.15. The van der Waals surface area contributed by atoms with Crippen LogP contribution in [0.1, 0.15) is 0 Å². The Hall–Kier alpha value is -1.24. The van der Waals surface area contributed by atoms with Gasteiger partial charge in [0.1, 0.15) is 6.20 Å². The van der Waals surface area contributed by atoms with E-state index in [0.29, 0.717) is 0 Å². The monoisotopic (exact) mass is 222 g/mol. The van der Waals surface area contributed by atoms with Crippen LogP contribution in [0.3, 0.4) is 0 Å². The molecule has 1 aromatic heterocycles. The normalized spacial score (nSPS) is 11.7. The molecule has 77 valence electrons. The molecule has 0 aliphatic carbocycles. The highest BCUT2D eigenvalue weighted by molar-refractivity contribution is 7.90. The Bertz CT molecular complexity index is 419. The van der Waals surface area contributed by atoms with Crippen molar-refractivity contribution in [3.05, 3.63) is 18.5 Å². The first kappa shape index (κ1) is 10.8. The first-order chi connectivity index (χ1) is 6.39. The third-order valence-electron chi connectivity index (χ3n) is 1.28. The summed E-state index contributed by atoms with van der Waals surface area (Å²) in [7, 11) is -3.47. The number of ether oxygens (including phenoxy) is 1. The minimum Gasteiger partial charge on any atom is -0.432 e. The van der Waals surface area contributed by atoms with E-state index >= 15 is 0 Å². The highest BCUT2D eigenvalue weighted by Crippen LogP contribution is 2.16. The predicted octanol–water partition coefficient (Wildman–Crippen LogP) is 0.887. The van der Waals surface area contributed by atoms with Crippen molar-refractivity contribution in [3.8, 4) is 5.75 Å². The second-order valence-corrected chi connectivity index (χ2v) is 4.45. The smallest absolute Gasteiger partial charge is 0.387 e. The standard InChI is InChI=1S/C7H6F2NO3S/c1-14(11,12)6-2-5(3-10-4-6)13-7(8)9/h2,4,7H,1H3. The molecule has 1 aromatic rings. The van der Waals surface area contributed by atoms with Crippen LogP contribution in [0.4, 0.5) is 8.78 Å². The molecular formula is C7H6F2NO3S. The fourth-order valence-electron chi connectivity index (χ4n) is 0.717. The summed E-state index contributed by atoms with van der Waals surface area (Å²) in [6.45, 7) is -3.03. The third-order valence-corrected chi connectivity index (χ3v) is 2.36. The first-order valence-electron chi connectivity index (χ1n) is 3.42. The highest BCUT2D eigenvalue weighted by atomic mass is 32.2. The summed E-state index contributed by atoms with van der Waals surface area (Å²) in [5.74, 6) is -0.400. The zero-order valence-electron chi connectivity index (χ0n) is 7.07. The molecule has 4 nitrogen and oxygen atoms in total. The van der Waals surface area contributed by atoms with Crippen molar-refractivity contribution in [2.45, 2.75) is 11.5 Å². The van der Waals surface area contributed by atoms with E-state index in [0.717, 1.165) is 18.5 Å². The third kappa shape index (κ3) is 2.91. The van der Waals surface area contributed by atoms with Gasteiger partial charge in [-0.05, 0) is 0 Å². The number of alkyl halides is 2. The molecule has 0 atom stereocenters. The van der Waals surface area contributed by atoms with Crippen molar-refractivity contribution >= 4 is 9.84 Å². The largest absolute Gasteiger partial charge is 0.432 e. The summed E-state index contributed by atoms with van der Waals surface area (Å²) in [5.41, 5.74) is 0. The number of halogens is 2. The van der Waals surface area contributed by atoms with Crippen molar-refractivity contribution in [2.75, 3.05) is 6.26 Å². The molecule has 0 unspecified atom stereocenters. The van der Waals surface area contributed by atoms with Crippen LogP contribution in [-0.2, 0) is 9.84 Å². The maximum Gasteiger partial charge on any atom is 0.387 e. The highest BCUT2D eigenvalue weighted by Gasteiger charge is 2.11. The van der Waals surface area contributed by atoms with Gasteiger partial charge in [0.15, 0.2) is 15.6 Å². The molecule has 14 heavy (non-hydrogen) atoms. The van der Waals surface area contributed by atoms with E-state index in [1.54, 1.807) is 0 Å². The van der Waals surface area contributed by atoms with Gasteiger partial charge in [-0.25, -0.2) is 13.4 Å². The number of rotatable bonds is 3. The average Bonchev–Trinajstić information content (AvgIpc) is 2.01. The van der Waals surface area contributed by atoms with Gasteiger partial charge in [0.05, 0.1) is 4.90 Å². The molecule has 0 bridgehead atoms. The Morgan fingerprint density at radius 1 is 1.57 bits per heavy atom. The van der Waals surface area contributed by atoms with Gasteiger partial charge in [0, 0.05) is 18.5 Å². The lowest BCUT2D eigenvalue weighted by Gasteiger charge is -2.03. The molecule has 1 radical (unpaired) electrons. The Labute approximate surface area is 79.5 Å². The van der Waals surface area contributed by atoms with E-state index in [4.69, 9.17) is 0 Å². The van der Waals surface area contributed by atoms with Crippen LogP contribution >= 0.6 is 0 Å². The molecule has 0 aromatic carbocycles. The van der Waals surface area contributed by atoms with E-state index < -0.39 is 22.2 Å². The van der Waals surface area contributed by atoms with Gasteiger partial charge in [-0.2, -0.15) is 8.78 Å². The Morgan fingerprint density at radius 3 is 2.71 bits per heavy atom. The van der Waals surface area contributed by atoms with Crippen LogP contribution in [0, 0.1) is 6.20 Å². The van der Waals surface area contributed by atoms with Crippen molar-refractivity contribution in [1.82, 2.24) is 4.98 Å². The van der Waals surface area contributed by atoms with E-state index in [1.807, 2.05) is 0 Å². The first-order valence-corrected chi connectivity index (χ1v) is 5.31. The predicted molar refractivity (Wildman–Crippen MR) is 42.8 cm³/mol. The lowest BCUT2D eigenvalue weighted by Crippen LogP contribution is -2.04. The number of hydrogen-bond donors (Lipinski definition) is 0. The maximum absolute atomic E-state index is 11.7. The molecule has 1 rings (SSSR count). The second kappa shape index (κ2) is 3.87. The average molecular weight is 222 g/mol. The summed E-state index contributed by atoms with van der Waals surface area (Å²) >= 11 is 0. The summed E-state index contributed by atoms with van der Waals surface area (Å²) in [5, 5.41) is 0. The molecule has 0 aliphatic heterocycles. The van der Waals surface area contributed by atoms with E-state index in [1.165, 1.54) is 0 Å². The van der Waals surface area contributed by atoms with Crippen LogP contribution in [0.25, 0.3) is 0 Å². The zero-order valence-corrected chi connectivity index (χ0v) is 7.88. The van der Waals surface area contributed by atoms with Gasteiger partial charge in [-0.3, -0.25) is 0 Å². The molecule has 0 saturated carbocycles. The van der Waals surface area contributed by atoms with Crippen molar-refractivity contribution in [2.24, 2.45) is 0 Å². The number of pyridine rings is 1. The Morgan fingerprint density at radius 2 is 2.21 bits per heavy atom. The number of sulfone groups is 1. The lowest BCUT2D eigenvalue weighted by atomic mass is 10.5. The SMILES string of the molecule is CS(=O)(=O)c1cn[c]c(OC(F)F)c1. The summed E-state index contributed by atoms with van der Waals surface area (Å²) < 4.78 is 49.3. The lowest BCUT2D eigenvalue weighted by molar-refractivity contribution is -0.0504. The fraction of sp³-hybridized carbons (Fsp3) is 0.286. The van der Waals surface area contributed by atoms with Crippen LogP contribution in [0.5, 0.6) is 5.75 Å². The molecule has 7 heteroatoms.